The van der Waals surface area contributed by atoms with Gasteiger partial charge in [-0.15, -0.1) is 5.54 Å². The van der Waals surface area contributed by atoms with Crippen LogP contribution in [0.15, 0.2) is 41.3 Å². The van der Waals surface area contributed by atoms with E-state index in [1.807, 2.05) is 18.2 Å². The maximum Gasteiger partial charge on any atom is 0.224 e. The zero-order valence-electron chi connectivity index (χ0n) is 17.9. The van der Waals surface area contributed by atoms with E-state index in [4.69, 9.17) is 11.6 Å². The Morgan fingerprint density at radius 1 is 1.13 bits per heavy atom. The van der Waals surface area contributed by atoms with E-state index in [2.05, 4.69) is 72.3 Å². The van der Waals surface area contributed by atoms with Crippen LogP contribution < -0.4 is 10.6 Å². The standard InChI is InChI=1S/C21H22BrClN5OPSi/c1-30(2,29)19-10-14(18-13-24-11-15(26-18)8-9-31(3,4)5)6-7-17(19)27-20-16(22)12-25-21(23)28-20/h6-7,10-13H,1-5H3,(H,25,27,28). The highest BCUT2D eigenvalue weighted by Crippen LogP contribution is 2.40. The van der Waals surface area contributed by atoms with Gasteiger partial charge in [0.1, 0.15) is 26.7 Å². The first-order chi connectivity index (χ1) is 14.4. The largest absolute Gasteiger partial charge is 0.339 e. The van der Waals surface area contributed by atoms with Gasteiger partial charge in [0.25, 0.3) is 0 Å². The van der Waals surface area contributed by atoms with Gasteiger partial charge < -0.3 is 9.88 Å². The number of anilines is 2. The molecule has 0 radical (unpaired) electrons. The minimum atomic E-state index is -2.64. The minimum Gasteiger partial charge on any atom is -0.339 e. The quantitative estimate of drug-likeness (QED) is 0.204. The Balaban J connectivity index is 2.04. The molecule has 0 saturated carbocycles. The molecule has 3 rings (SSSR count). The number of hydrogen-bond acceptors (Lipinski definition) is 6. The fourth-order valence-corrected chi connectivity index (χ4v) is 4.71. The van der Waals surface area contributed by atoms with Crippen LogP contribution in [0, 0.1) is 11.5 Å². The highest BCUT2D eigenvalue weighted by Gasteiger charge is 2.19. The van der Waals surface area contributed by atoms with Crippen molar-refractivity contribution < 1.29 is 4.57 Å². The van der Waals surface area contributed by atoms with Crippen molar-refractivity contribution in [1.82, 2.24) is 19.9 Å². The van der Waals surface area contributed by atoms with Crippen LogP contribution in [0.4, 0.5) is 11.5 Å². The van der Waals surface area contributed by atoms with Gasteiger partial charge in [-0.1, -0.05) is 31.6 Å². The summed E-state index contributed by atoms with van der Waals surface area (Å²) in [5.41, 5.74) is 6.09. The van der Waals surface area contributed by atoms with Crippen LogP contribution in [-0.2, 0) is 4.57 Å². The van der Waals surface area contributed by atoms with Crippen LogP contribution in [0.1, 0.15) is 5.69 Å². The summed E-state index contributed by atoms with van der Waals surface area (Å²) < 4.78 is 13.7. The van der Waals surface area contributed by atoms with E-state index in [1.165, 1.54) is 0 Å². The third-order valence-corrected chi connectivity index (χ3v) is 7.21. The molecule has 0 spiro atoms. The van der Waals surface area contributed by atoms with Gasteiger partial charge in [-0.25, -0.2) is 9.97 Å². The van der Waals surface area contributed by atoms with Gasteiger partial charge in [0.15, 0.2) is 0 Å². The number of nitrogens with zero attached hydrogens (tertiary/aromatic N) is 4. The van der Waals surface area contributed by atoms with Crippen molar-refractivity contribution in [3.8, 4) is 22.7 Å². The molecular formula is C21H22BrClN5OPSi. The second kappa shape index (κ2) is 9.21. The summed E-state index contributed by atoms with van der Waals surface area (Å²) in [6, 6.07) is 5.63. The van der Waals surface area contributed by atoms with Crippen LogP contribution in [-0.4, -0.2) is 41.3 Å². The predicted molar refractivity (Wildman–Crippen MR) is 135 cm³/mol. The Morgan fingerprint density at radius 2 is 1.87 bits per heavy atom. The molecule has 31 heavy (non-hydrogen) atoms. The summed E-state index contributed by atoms with van der Waals surface area (Å²) in [7, 11) is -4.16. The maximum atomic E-state index is 13.1. The van der Waals surface area contributed by atoms with E-state index in [9.17, 15) is 4.57 Å². The van der Waals surface area contributed by atoms with Crippen LogP contribution in [0.5, 0.6) is 0 Å². The van der Waals surface area contributed by atoms with Crippen molar-refractivity contribution in [3.05, 3.63) is 52.2 Å². The summed E-state index contributed by atoms with van der Waals surface area (Å²) in [6.45, 7) is 9.98. The summed E-state index contributed by atoms with van der Waals surface area (Å²) in [5, 5.41) is 4.00. The fraction of sp³-hybridized carbons (Fsp3) is 0.238. The summed E-state index contributed by atoms with van der Waals surface area (Å²) in [4.78, 5) is 17.1. The number of aromatic nitrogens is 4. The number of rotatable bonds is 4. The number of hydrogen-bond donors (Lipinski definition) is 1. The normalized spacial score (nSPS) is 11.6. The Bertz CT molecular complexity index is 1250. The average Bonchev–Trinajstić information content (AvgIpc) is 2.68. The van der Waals surface area contributed by atoms with Gasteiger partial charge in [-0.2, -0.15) is 4.98 Å². The number of halogens is 2. The van der Waals surface area contributed by atoms with Crippen LogP contribution >= 0.6 is 34.7 Å². The van der Waals surface area contributed by atoms with Gasteiger partial charge in [-0.3, -0.25) is 4.98 Å². The molecule has 0 aliphatic rings. The van der Waals surface area contributed by atoms with Crippen molar-refractivity contribution in [3.63, 3.8) is 0 Å². The molecule has 0 fully saturated rings. The van der Waals surface area contributed by atoms with E-state index < -0.39 is 15.2 Å². The smallest absolute Gasteiger partial charge is 0.224 e. The zero-order chi connectivity index (χ0) is 22.8. The molecule has 0 aliphatic carbocycles. The minimum absolute atomic E-state index is 0.117. The SMILES string of the molecule is C[Si](C)(C)C#Cc1cncc(-c2ccc(Nc3nc(Cl)ncc3Br)c(P(C)(C)=O)c2)n1. The molecule has 2 heterocycles. The molecule has 1 N–H and O–H groups in total. The van der Waals surface area contributed by atoms with Crippen molar-refractivity contribution >= 4 is 59.6 Å². The summed E-state index contributed by atoms with van der Waals surface area (Å²) >= 11 is 9.33. The molecular weight excluding hydrogens is 513 g/mol. The molecule has 0 bridgehead atoms. The molecule has 0 aliphatic heterocycles. The third-order valence-electron chi connectivity index (χ3n) is 4.04. The lowest BCUT2D eigenvalue weighted by Crippen LogP contribution is -2.16. The molecule has 3 aromatic rings. The average molecular weight is 535 g/mol. The van der Waals surface area contributed by atoms with Gasteiger partial charge in [0.2, 0.25) is 5.28 Å². The fourth-order valence-electron chi connectivity index (χ4n) is 2.62. The Morgan fingerprint density at radius 3 is 2.55 bits per heavy atom. The molecule has 1 aromatic carbocycles. The van der Waals surface area contributed by atoms with Crippen molar-refractivity contribution in [2.45, 2.75) is 19.6 Å². The second-order valence-electron chi connectivity index (χ2n) is 8.33. The van der Waals surface area contributed by atoms with Crippen LogP contribution in [0.3, 0.4) is 0 Å². The first-order valence-corrected chi connectivity index (χ1v) is 16.7. The van der Waals surface area contributed by atoms with Gasteiger partial charge >= 0.3 is 0 Å². The molecule has 2 aromatic heterocycles. The molecule has 0 amide bonds. The first kappa shape index (κ1) is 23.6. The predicted octanol–water partition coefficient (Wildman–Crippen LogP) is 5.57. The lowest BCUT2D eigenvalue weighted by atomic mass is 10.1. The van der Waals surface area contributed by atoms with E-state index in [1.54, 1.807) is 31.9 Å². The lowest BCUT2D eigenvalue weighted by molar-refractivity contribution is 0.588. The number of benzene rings is 1. The molecule has 10 heteroatoms. The van der Waals surface area contributed by atoms with E-state index in [0.717, 1.165) is 5.56 Å². The van der Waals surface area contributed by atoms with Crippen LogP contribution in [0.2, 0.25) is 24.9 Å². The molecule has 6 nitrogen and oxygen atoms in total. The molecule has 0 saturated heterocycles. The van der Waals surface area contributed by atoms with Crippen molar-refractivity contribution in [1.29, 1.82) is 0 Å². The van der Waals surface area contributed by atoms with Crippen molar-refractivity contribution in [2.24, 2.45) is 0 Å². The maximum absolute atomic E-state index is 13.1. The number of nitrogens with one attached hydrogen (secondary N) is 1. The Hall–Kier alpha value is -2.04. The second-order valence-corrected chi connectivity index (χ2v) is 17.5. The lowest BCUT2D eigenvalue weighted by Gasteiger charge is -2.17. The third kappa shape index (κ3) is 6.47. The van der Waals surface area contributed by atoms with Gasteiger partial charge in [-0.05, 0) is 53.0 Å². The van der Waals surface area contributed by atoms with Crippen molar-refractivity contribution in [2.75, 3.05) is 18.6 Å². The van der Waals surface area contributed by atoms with E-state index >= 15 is 0 Å². The highest BCUT2D eigenvalue weighted by atomic mass is 79.9. The monoisotopic (exact) mass is 533 g/mol. The topological polar surface area (TPSA) is 80.7 Å². The van der Waals surface area contributed by atoms with E-state index in [-0.39, 0.29) is 5.28 Å². The summed E-state index contributed by atoms with van der Waals surface area (Å²) in [6.07, 6.45) is 4.91. The molecule has 0 atom stereocenters. The molecule has 160 valence electrons. The Labute approximate surface area is 196 Å². The van der Waals surface area contributed by atoms with E-state index in [0.29, 0.717) is 32.7 Å². The van der Waals surface area contributed by atoms with Crippen LogP contribution in [0.25, 0.3) is 11.3 Å². The Kier molecular flexibility index (Phi) is 7.02. The zero-order valence-corrected chi connectivity index (χ0v) is 22.1. The van der Waals surface area contributed by atoms with Gasteiger partial charge in [0, 0.05) is 17.1 Å². The van der Waals surface area contributed by atoms with Gasteiger partial charge in [0.05, 0.1) is 28.2 Å². The first-order valence-electron chi connectivity index (χ1n) is 9.43. The highest BCUT2D eigenvalue weighted by molar-refractivity contribution is 9.10. The molecule has 0 unspecified atom stereocenters. The summed E-state index contributed by atoms with van der Waals surface area (Å²) in [5.74, 6) is 3.63.